The van der Waals surface area contributed by atoms with Gasteiger partial charge in [0.15, 0.2) is 11.5 Å². The smallest absolute Gasteiger partial charge is 0.165 e. The molecule has 1 aliphatic heterocycles. The molecule has 5 heteroatoms. The molecule has 1 unspecified atom stereocenters. The van der Waals surface area contributed by atoms with Gasteiger partial charge in [-0.3, -0.25) is 9.88 Å². The SMILES string of the molecule is COc1cccc(CN(Cc2cccc3ncccc23)CC2CCCO2)c1OC. The zero-order valence-electron chi connectivity index (χ0n) is 17.1. The molecule has 3 aromatic rings. The van der Waals surface area contributed by atoms with Crippen molar-refractivity contribution in [3.05, 3.63) is 65.9 Å². The van der Waals surface area contributed by atoms with Crippen molar-refractivity contribution in [2.24, 2.45) is 0 Å². The lowest BCUT2D eigenvalue weighted by atomic mass is 10.1. The van der Waals surface area contributed by atoms with Crippen molar-refractivity contribution < 1.29 is 14.2 Å². The van der Waals surface area contributed by atoms with E-state index in [9.17, 15) is 0 Å². The first kappa shape index (κ1) is 19.7. The maximum absolute atomic E-state index is 5.94. The fraction of sp³-hybridized carbons (Fsp3) is 0.375. The Morgan fingerprint density at radius 3 is 2.62 bits per heavy atom. The van der Waals surface area contributed by atoms with Crippen LogP contribution in [0.1, 0.15) is 24.0 Å². The lowest BCUT2D eigenvalue weighted by Crippen LogP contribution is -2.31. The van der Waals surface area contributed by atoms with E-state index in [1.54, 1.807) is 14.2 Å². The van der Waals surface area contributed by atoms with E-state index in [0.717, 1.165) is 61.7 Å². The summed E-state index contributed by atoms with van der Waals surface area (Å²) in [5.74, 6) is 1.56. The summed E-state index contributed by atoms with van der Waals surface area (Å²) in [5.41, 5.74) is 3.42. The van der Waals surface area contributed by atoms with Crippen LogP contribution in [0.25, 0.3) is 10.9 Å². The van der Waals surface area contributed by atoms with Crippen molar-refractivity contribution in [3.8, 4) is 11.5 Å². The topological polar surface area (TPSA) is 43.8 Å². The van der Waals surface area contributed by atoms with E-state index < -0.39 is 0 Å². The van der Waals surface area contributed by atoms with Gasteiger partial charge in [0, 0.05) is 43.4 Å². The van der Waals surface area contributed by atoms with Crippen molar-refractivity contribution in [3.63, 3.8) is 0 Å². The molecular formula is C24H28N2O3. The maximum atomic E-state index is 5.94. The molecule has 0 radical (unpaired) electrons. The highest BCUT2D eigenvalue weighted by Gasteiger charge is 2.22. The number of hydrogen-bond donors (Lipinski definition) is 0. The number of rotatable bonds is 8. The summed E-state index contributed by atoms with van der Waals surface area (Å²) in [7, 11) is 3.37. The van der Waals surface area contributed by atoms with Crippen LogP contribution >= 0.6 is 0 Å². The van der Waals surface area contributed by atoms with Gasteiger partial charge in [-0.2, -0.15) is 0 Å². The number of pyridine rings is 1. The second-order valence-electron chi connectivity index (χ2n) is 7.44. The predicted molar refractivity (Wildman–Crippen MR) is 114 cm³/mol. The van der Waals surface area contributed by atoms with Gasteiger partial charge < -0.3 is 14.2 Å². The first-order valence-electron chi connectivity index (χ1n) is 10.1. The average Bonchev–Trinajstić information content (AvgIpc) is 3.27. The number of para-hydroxylation sites is 1. The van der Waals surface area contributed by atoms with Crippen LogP contribution in [0, 0.1) is 0 Å². The molecule has 0 N–H and O–H groups in total. The van der Waals surface area contributed by atoms with E-state index in [2.05, 4.69) is 40.2 Å². The number of fused-ring (bicyclic) bond motifs is 1. The van der Waals surface area contributed by atoms with E-state index >= 15 is 0 Å². The van der Waals surface area contributed by atoms with Gasteiger partial charge in [0.25, 0.3) is 0 Å². The van der Waals surface area contributed by atoms with E-state index in [1.807, 2.05) is 24.4 Å². The Morgan fingerprint density at radius 1 is 1.00 bits per heavy atom. The molecule has 29 heavy (non-hydrogen) atoms. The molecule has 0 spiro atoms. The summed E-state index contributed by atoms with van der Waals surface area (Å²) in [6.45, 7) is 3.33. The molecule has 1 saturated heterocycles. The summed E-state index contributed by atoms with van der Waals surface area (Å²) < 4.78 is 17.1. The van der Waals surface area contributed by atoms with Crippen LogP contribution in [0.3, 0.4) is 0 Å². The van der Waals surface area contributed by atoms with Crippen LogP contribution in [0.15, 0.2) is 54.7 Å². The van der Waals surface area contributed by atoms with Crippen LogP contribution in [0.2, 0.25) is 0 Å². The zero-order chi connectivity index (χ0) is 20.1. The maximum Gasteiger partial charge on any atom is 0.165 e. The minimum atomic E-state index is 0.278. The van der Waals surface area contributed by atoms with E-state index in [1.165, 1.54) is 10.9 Å². The standard InChI is InChI=1S/C24H28N2O3/c1-27-23-12-4-8-19(24(23)28-2)16-26(17-20-9-6-14-29-20)15-18-7-3-11-22-21(18)10-5-13-25-22/h3-5,7-8,10-13,20H,6,9,14-17H2,1-2H3. The van der Waals surface area contributed by atoms with Crippen LogP contribution in [-0.2, 0) is 17.8 Å². The molecule has 0 saturated carbocycles. The van der Waals surface area contributed by atoms with Gasteiger partial charge in [-0.1, -0.05) is 30.3 Å². The Morgan fingerprint density at radius 2 is 1.83 bits per heavy atom. The van der Waals surface area contributed by atoms with E-state index in [0.29, 0.717) is 0 Å². The second-order valence-corrected chi connectivity index (χ2v) is 7.44. The third-order valence-corrected chi connectivity index (χ3v) is 5.49. The van der Waals surface area contributed by atoms with Gasteiger partial charge in [0.2, 0.25) is 0 Å². The molecule has 1 aliphatic rings. The minimum Gasteiger partial charge on any atom is -0.493 e. The van der Waals surface area contributed by atoms with Crippen molar-refractivity contribution in [1.82, 2.24) is 9.88 Å². The predicted octanol–water partition coefficient (Wildman–Crippen LogP) is 4.43. The Labute approximate surface area is 172 Å². The summed E-state index contributed by atoms with van der Waals surface area (Å²) in [6.07, 6.45) is 4.37. The fourth-order valence-corrected chi connectivity index (χ4v) is 4.13. The van der Waals surface area contributed by atoms with Gasteiger partial charge in [0.05, 0.1) is 25.8 Å². The van der Waals surface area contributed by atoms with Gasteiger partial charge in [-0.05, 0) is 36.6 Å². The molecule has 1 atom stereocenters. The number of ether oxygens (including phenoxy) is 3. The minimum absolute atomic E-state index is 0.278. The summed E-state index contributed by atoms with van der Waals surface area (Å²) >= 11 is 0. The number of nitrogens with zero attached hydrogens (tertiary/aromatic N) is 2. The molecular weight excluding hydrogens is 364 g/mol. The number of aromatic nitrogens is 1. The quantitative estimate of drug-likeness (QED) is 0.567. The third-order valence-electron chi connectivity index (χ3n) is 5.49. The number of methoxy groups -OCH3 is 2. The normalized spacial score (nSPS) is 16.4. The highest BCUT2D eigenvalue weighted by Crippen LogP contribution is 2.32. The molecule has 1 fully saturated rings. The summed E-state index contributed by atoms with van der Waals surface area (Å²) in [6, 6.07) is 16.5. The molecule has 1 aromatic heterocycles. The second kappa shape index (κ2) is 9.25. The van der Waals surface area contributed by atoms with Crippen molar-refractivity contribution >= 4 is 10.9 Å². The number of benzene rings is 2. The summed E-state index contributed by atoms with van der Waals surface area (Å²) in [4.78, 5) is 6.95. The lowest BCUT2D eigenvalue weighted by molar-refractivity contribution is 0.0677. The van der Waals surface area contributed by atoms with Crippen LogP contribution < -0.4 is 9.47 Å². The molecule has 0 bridgehead atoms. The highest BCUT2D eigenvalue weighted by molar-refractivity contribution is 5.81. The van der Waals surface area contributed by atoms with Crippen LogP contribution in [0.5, 0.6) is 11.5 Å². The van der Waals surface area contributed by atoms with Crippen LogP contribution in [-0.4, -0.2) is 43.4 Å². The Balaban J connectivity index is 1.63. The molecule has 152 valence electrons. The molecule has 5 nitrogen and oxygen atoms in total. The van der Waals surface area contributed by atoms with Gasteiger partial charge >= 0.3 is 0 Å². The average molecular weight is 392 g/mol. The third kappa shape index (κ3) is 4.52. The highest BCUT2D eigenvalue weighted by atomic mass is 16.5. The Kier molecular flexibility index (Phi) is 6.27. The largest absolute Gasteiger partial charge is 0.493 e. The van der Waals surface area contributed by atoms with Crippen molar-refractivity contribution in [1.29, 1.82) is 0 Å². The van der Waals surface area contributed by atoms with Crippen molar-refractivity contribution in [2.75, 3.05) is 27.4 Å². The van der Waals surface area contributed by atoms with E-state index in [-0.39, 0.29) is 6.10 Å². The molecule has 0 amide bonds. The molecule has 2 aromatic carbocycles. The van der Waals surface area contributed by atoms with E-state index in [4.69, 9.17) is 14.2 Å². The number of hydrogen-bond acceptors (Lipinski definition) is 5. The van der Waals surface area contributed by atoms with Gasteiger partial charge in [-0.15, -0.1) is 0 Å². The summed E-state index contributed by atoms with van der Waals surface area (Å²) in [5, 5.41) is 1.20. The van der Waals surface area contributed by atoms with Gasteiger partial charge in [0.1, 0.15) is 0 Å². The van der Waals surface area contributed by atoms with Crippen LogP contribution in [0.4, 0.5) is 0 Å². The Bertz CT molecular complexity index is 949. The Hall–Kier alpha value is -2.63. The lowest BCUT2D eigenvalue weighted by Gasteiger charge is -2.27. The zero-order valence-corrected chi connectivity index (χ0v) is 17.1. The molecule has 0 aliphatic carbocycles. The first-order valence-corrected chi connectivity index (χ1v) is 10.1. The fourth-order valence-electron chi connectivity index (χ4n) is 4.13. The first-order chi connectivity index (χ1) is 14.3. The van der Waals surface area contributed by atoms with Crippen molar-refractivity contribution in [2.45, 2.75) is 32.0 Å². The monoisotopic (exact) mass is 392 g/mol. The van der Waals surface area contributed by atoms with Gasteiger partial charge in [-0.25, -0.2) is 0 Å². The molecule has 2 heterocycles. The molecule has 4 rings (SSSR count).